The maximum Gasteiger partial charge on any atom is -0.00172 e. The van der Waals surface area contributed by atoms with Crippen molar-refractivity contribution in [1.29, 1.82) is 0 Å². The molecule has 1 saturated carbocycles. The van der Waals surface area contributed by atoms with E-state index in [0.29, 0.717) is 0 Å². The lowest BCUT2D eigenvalue weighted by Crippen LogP contribution is -2.10. The molecule has 1 N–H and O–H groups in total. The minimum Gasteiger partial charge on any atom is -0.316 e. The summed E-state index contributed by atoms with van der Waals surface area (Å²) in [5, 5.41) is 3.47. The first-order valence-corrected chi connectivity index (χ1v) is 5.71. The molecule has 2 aliphatic rings. The minimum absolute atomic E-state index is 0.876. The van der Waals surface area contributed by atoms with Gasteiger partial charge in [-0.2, -0.15) is 0 Å². The zero-order valence-corrected chi connectivity index (χ0v) is 8.45. The average molecular weight is 187 g/mol. The maximum atomic E-state index is 3.47. The van der Waals surface area contributed by atoms with Crippen LogP contribution in [0.3, 0.4) is 0 Å². The molecule has 1 heterocycles. The number of nitrogens with one attached hydrogen (secondary N) is 1. The Labute approximate surface area is 85.5 Å². The van der Waals surface area contributed by atoms with Crippen molar-refractivity contribution in [2.45, 2.75) is 18.8 Å². The summed E-state index contributed by atoms with van der Waals surface area (Å²) in [6.07, 6.45) is 2.82. The van der Waals surface area contributed by atoms with Gasteiger partial charge >= 0.3 is 0 Å². The van der Waals surface area contributed by atoms with Crippen molar-refractivity contribution in [2.24, 2.45) is 11.8 Å². The van der Waals surface area contributed by atoms with Crippen LogP contribution in [0.5, 0.6) is 0 Å². The molecule has 0 bridgehead atoms. The van der Waals surface area contributed by atoms with Gasteiger partial charge < -0.3 is 5.32 Å². The summed E-state index contributed by atoms with van der Waals surface area (Å²) in [6.45, 7) is 2.50. The molecule has 1 aliphatic carbocycles. The van der Waals surface area contributed by atoms with E-state index in [2.05, 4.69) is 35.6 Å². The van der Waals surface area contributed by atoms with Crippen LogP contribution in [0.4, 0.5) is 0 Å². The molecule has 1 aromatic rings. The van der Waals surface area contributed by atoms with Gasteiger partial charge in [0, 0.05) is 0 Å². The second kappa shape index (κ2) is 3.39. The zero-order valence-electron chi connectivity index (χ0n) is 8.45. The van der Waals surface area contributed by atoms with Crippen molar-refractivity contribution in [2.75, 3.05) is 13.1 Å². The number of rotatable bonds is 2. The van der Waals surface area contributed by atoms with Gasteiger partial charge in [-0.15, -0.1) is 0 Å². The van der Waals surface area contributed by atoms with Gasteiger partial charge in [0.05, 0.1) is 0 Å². The van der Waals surface area contributed by atoms with Crippen LogP contribution in [0, 0.1) is 11.8 Å². The van der Waals surface area contributed by atoms with Gasteiger partial charge in [-0.25, -0.2) is 0 Å². The molecule has 0 spiro atoms. The number of benzene rings is 1. The van der Waals surface area contributed by atoms with Gasteiger partial charge in [0.1, 0.15) is 0 Å². The topological polar surface area (TPSA) is 12.0 Å². The largest absolute Gasteiger partial charge is 0.316 e. The van der Waals surface area contributed by atoms with Crippen LogP contribution < -0.4 is 5.32 Å². The quantitative estimate of drug-likeness (QED) is 0.749. The Hall–Kier alpha value is -0.820. The third kappa shape index (κ3) is 1.46. The highest BCUT2D eigenvalue weighted by atomic mass is 14.9. The van der Waals surface area contributed by atoms with E-state index in [1.54, 1.807) is 5.56 Å². The molecule has 3 unspecified atom stereocenters. The molecule has 1 heteroatoms. The molecule has 0 aromatic heterocycles. The standard InChI is InChI=1S/C13H17N/c1-2-4-10(5-3-1)12-8-13(12)11-6-7-14-9-11/h1-5,11-14H,6-9H2. The fraction of sp³-hybridized carbons (Fsp3) is 0.538. The molecule has 74 valence electrons. The highest BCUT2D eigenvalue weighted by molar-refractivity contribution is 5.26. The highest BCUT2D eigenvalue weighted by Gasteiger charge is 2.44. The van der Waals surface area contributed by atoms with E-state index >= 15 is 0 Å². The Morgan fingerprint density at radius 3 is 2.71 bits per heavy atom. The second-order valence-corrected chi connectivity index (χ2v) is 4.67. The van der Waals surface area contributed by atoms with E-state index < -0.39 is 0 Å². The molecule has 1 aliphatic heterocycles. The van der Waals surface area contributed by atoms with Gasteiger partial charge in [0.15, 0.2) is 0 Å². The molecule has 14 heavy (non-hydrogen) atoms. The lowest BCUT2D eigenvalue weighted by atomic mass is 9.99. The van der Waals surface area contributed by atoms with Crippen molar-refractivity contribution < 1.29 is 0 Å². The molecule has 0 amide bonds. The third-order valence-corrected chi connectivity index (χ3v) is 3.77. The van der Waals surface area contributed by atoms with Crippen LogP contribution in [0.1, 0.15) is 24.3 Å². The van der Waals surface area contributed by atoms with Crippen molar-refractivity contribution in [3.8, 4) is 0 Å². The summed E-state index contributed by atoms with van der Waals surface area (Å²) in [6, 6.07) is 11.0. The van der Waals surface area contributed by atoms with Crippen molar-refractivity contribution in [3.05, 3.63) is 35.9 Å². The van der Waals surface area contributed by atoms with Crippen LogP contribution in [0.25, 0.3) is 0 Å². The summed E-state index contributed by atoms with van der Waals surface area (Å²) in [5.74, 6) is 2.81. The normalized spacial score (nSPS) is 35.9. The molecule has 1 nitrogen and oxygen atoms in total. The Morgan fingerprint density at radius 1 is 1.14 bits per heavy atom. The number of hydrogen-bond donors (Lipinski definition) is 1. The summed E-state index contributed by atoms with van der Waals surface area (Å²) in [7, 11) is 0. The first kappa shape index (κ1) is 8.49. The molecule has 1 saturated heterocycles. The van der Waals surface area contributed by atoms with Crippen LogP contribution in [0.15, 0.2) is 30.3 Å². The van der Waals surface area contributed by atoms with E-state index in [-0.39, 0.29) is 0 Å². The van der Waals surface area contributed by atoms with E-state index in [1.807, 2.05) is 0 Å². The number of hydrogen-bond acceptors (Lipinski definition) is 1. The van der Waals surface area contributed by atoms with Crippen molar-refractivity contribution >= 4 is 0 Å². The fourth-order valence-corrected chi connectivity index (χ4v) is 2.86. The molecule has 0 radical (unpaired) electrons. The molecule has 3 rings (SSSR count). The minimum atomic E-state index is 0.876. The smallest absolute Gasteiger partial charge is 0.00172 e. The highest BCUT2D eigenvalue weighted by Crippen LogP contribution is 2.53. The van der Waals surface area contributed by atoms with Gasteiger partial charge in [0.25, 0.3) is 0 Å². The zero-order chi connectivity index (χ0) is 9.38. The van der Waals surface area contributed by atoms with Crippen molar-refractivity contribution in [3.63, 3.8) is 0 Å². The molecule has 2 fully saturated rings. The Bertz CT molecular complexity index is 300. The predicted octanol–water partition coefficient (Wildman–Crippen LogP) is 2.40. The monoisotopic (exact) mass is 187 g/mol. The van der Waals surface area contributed by atoms with Gasteiger partial charge in [0.2, 0.25) is 0 Å². The van der Waals surface area contributed by atoms with Crippen molar-refractivity contribution in [1.82, 2.24) is 5.32 Å². The molecular formula is C13H17N. The van der Waals surface area contributed by atoms with Gasteiger partial charge in [-0.05, 0) is 49.2 Å². The Kier molecular flexibility index (Phi) is 2.06. The van der Waals surface area contributed by atoms with E-state index in [0.717, 1.165) is 17.8 Å². The van der Waals surface area contributed by atoms with E-state index in [9.17, 15) is 0 Å². The Balaban J connectivity index is 1.68. The SMILES string of the molecule is c1ccc(C2CC2C2CCNC2)cc1. The van der Waals surface area contributed by atoms with E-state index in [4.69, 9.17) is 0 Å². The lowest BCUT2D eigenvalue weighted by molar-refractivity contribution is 0.497. The average Bonchev–Trinajstić information content (AvgIpc) is 2.87. The third-order valence-electron chi connectivity index (χ3n) is 3.77. The Morgan fingerprint density at radius 2 is 2.00 bits per heavy atom. The van der Waals surface area contributed by atoms with E-state index in [1.165, 1.54) is 25.9 Å². The van der Waals surface area contributed by atoms with Crippen LogP contribution in [-0.4, -0.2) is 13.1 Å². The first-order chi connectivity index (χ1) is 6.95. The van der Waals surface area contributed by atoms with Crippen LogP contribution in [-0.2, 0) is 0 Å². The lowest BCUT2D eigenvalue weighted by Gasteiger charge is -2.06. The molecule has 3 atom stereocenters. The van der Waals surface area contributed by atoms with Gasteiger partial charge in [-0.3, -0.25) is 0 Å². The summed E-state index contributed by atoms with van der Waals surface area (Å²) < 4.78 is 0. The summed E-state index contributed by atoms with van der Waals surface area (Å²) in [5.41, 5.74) is 1.56. The fourth-order valence-electron chi connectivity index (χ4n) is 2.86. The first-order valence-electron chi connectivity index (χ1n) is 5.71. The summed E-state index contributed by atoms with van der Waals surface area (Å²) in [4.78, 5) is 0. The molecule has 1 aromatic carbocycles. The molecular weight excluding hydrogens is 170 g/mol. The second-order valence-electron chi connectivity index (χ2n) is 4.67. The van der Waals surface area contributed by atoms with Crippen LogP contribution in [0.2, 0.25) is 0 Å². The maximum absolute atomic E-state index is 3.47. The van der Waals surface area contributed by atoms with Crippen LogP contribution >= 0.6 is 0 Å². The summed E-state index contributed by atoms with van der Waals surface area (Å²) >= 11 is 0. The predicted molar refractivity (Wildman–Crippen MR) is 58.3 cm³/mol. The van der Waals surface area contributed by atoms with Gasteiger partial charge in [-0.1, -0.05) is 30.3 Å².